The maximum atomic E-state index is 5.92. The minimum Gasteiger partial charge on any atom is -0.368 e. The average Bonchev–Trinajstić information content (AvgIpc) is 2.37. The van der Waals surface area contributed by atoms with E-state index in [1.54, 1.807) is 6.07 Å². The Labute approximate surface area is 107 Å². The highest BCUT2D eigenvalue weighted by atomic mass is 35.5. The summed E-state index contributed by atoms with van der Waals surface area (Å²) in [6, 6.07) is 2.17. The van der Waals surface area contributed by atoms with Gasteiger partial charge in [0, 0.05) is 25.2 Å². The lowest BCUT2D eigenvalue weighted by Crippen LogP contribution is -2.38. The number of nitrogens with two attached hydrogens (primary N) is 1. The van der Waals surface area contributed by atoms with Crippen LogP contribution >= 0.6 is 11.6 Å². The zero-order valence-electron chi connectivity index (χ0n) is 10.2. The quantitative estimate of drug-likeness (QED) is 0.766. The number of halogens is 1. The van der Waals surface area contributed by atoms with Crippen LogP contribution in [0, 0.1) is 0 Å². The number of anilines is 2. The van der Waals surface area contributed by atoms with Crippen LogP contribution in [-0.4, -0.2) is 47.6 Å². The van der Waals surface area contributed by atoms with E-state index >= 15 is 0 Å². The molecule has 0 bridgehead atoms. The highest BCUT2D eigenvalue weighted by Gasteiger charge is 2.21. The smallest absolute Gasteiger partial charge is 0.223 e. The summed E-state index contributed by atoms with van der Waals surface area (Å²) in [7, 11) is 2.14. The Kier molecular flexibility index (Phi) is 3.69. The number of aromatic nitrogens is 2. The van der Waals surface area contributed by atoms with Crippen LogP contribution in [-0.2, 0) is 0 Å². The molecule has 0 aliphatic carbocycles. The van der Waals surface area contributed by atoms with E-state index in [-0.39, 0.29) is 5.95 Å². The molecule has 94 valence electrons. The first kappa shape index (κ1) is 12.4. The Morgan fingerprint density at radius 2 is 2.18 bits per heavy atom. The summed E-state index contributed by atoms with van der Waals surface area (Å²) >= 11 is 5.92. The number of likely N-dealkylation sites (N-methyl/N-ethyl adjacent to an activating group) is 1. The van der Waals surface area contributed by atoms with Gasteiger partial charge in [-0.3, -0.25) is 0 Å². The minimum atomic E-state index is 0.234. The molecule has 5 nitrogen and oxygen atoms in total. The first-order valence-corrected chi connectivity index (χ1v) is 6.19. The van der Waals surface area contributed by atoms with Gasteiger partial charge >= 0.3 is 0 Å². The maximum Gasteiger partial charge on any atom is 0.223 e. The van der Waals surface area contributed by atoms with Gasteiger partial charge in [0.05, 0.1) is 0 Å². The monoisotopic (exact) mass is 255 g/mol. The van der Waals surface area contributed by atoms with Crippen molar-refractivity contribution in [3.8, 4) is 0 Å². The van der Waals surface area contributed by atoms with Crippen molar-refractivity contribution < 1.29 is 0 Å². The lowest BCUT2D eigenvalue weighted by atomic mass is 10.2. The molecule has 1 saturated heterocycles. The highest BCUT2D eigenvalue weighted by Crippen LogP contribution is 2.21. The van der Waals surface area contributed by atoms with E-state index in [2.05, 4.69) is 33.7 Å². The lowest BCUT2D eigenvalue weighted by Gasteiger charge is -2.29. The molecule has 1 aliphatic rings. The van der Waals surface area contributed by atoms with E-state index in [0.717, 1.165) is 31.9 Å². The van der Waals surface area contributed by atoms with Gasteiger partial charge in [-0.15, -0.1) is 0 Å². The summed E-state index contributed by atoms with van der Waals surface area (Å²) < 4.78 is 0. The Hall–Kier alpha value is -1.07. The van der Waals surface area contributed by atoms with Crippen molar-refractivity contribution in [1.29, 1.82) is 0 Å². The number of rotatable bonds is 1. The predicted molar refractivity (Wildman–Crippen MR) is 70.4 cm³/mol. The van der Waals surface area contributed by atoms with Crippen LogP contribution in [0.1, 0.15) is 13.3 Å². The summed E-state index contributed by atoms with van der Waals surface area (Å²) in [5, 5.41) is 0.400. The van der Waals surface area contributed by atoms with Crippen molar-refractivity contribution >= 4 is 23.4 Å². The second-order valence-corrected chi connectivity index (χ2v) is 4.95. The molecule has 6 heteroatoms. The molecule has 2 rings (SSSR count). The average molecular weight is 256 g/mol. The van der Waals surface area contributed by atoms with E-state index in [4.69, 9.17) is 17.3 Å². The van der Waals surface area contributed by atoms with Crippen molar-refractivity contribution in [3.05, 3.63) is 11.2 Å². The second kappa shape index (κ2) is 5.06. The first-order valence-electron chi connectivity index (χ1n) is 5.81. The molecule has 0 aromatic carbocycles. The standard InChI is InChI=1S/C11H18ClN5/c1-8-7-16(2)4-3-5-17(8)10-6-9(12)14-11(13)15-10/h6,8H,3-5,7H2,1-2H3,(H2,13,14,15). The van der Waals surface area contributed by atoms with Crippen LogP contribution in [0.15, 0.2) is 6.07 Å². The fraction of sp³-hybridized carbons (Fsp3) is 0.636. The molecule has 0 amide bonds. The van der Waals surface area contributed by atoms with Crippen LogP contribution in [0.4, 0.5) is 11.8 Å². The van der Waals surface area contributed by atoms with Crippen LogP contribution < -0.4 is 10.6 Å². The van der Waals surface area contributed by atoms with Crippen molar-refractivity contribution in [1.82, 2.24) is 14.9 Å². The SMILES string of the molecule is CC1CN(C)CCCN1c1cc(Cl)nc(N)n1. The molecule has 1 fully saturated rings. The fourth-order valence-electron chi connectivity index (χ4n) is 2.28. The van der Waals surface area contributed by atoms with E-state index in [0.29, 0.717) is 11.2 Å². The minimum absolute atomic E-state index is 0.234. The third-order valence-corrected chi connectivity index (χ3v) is 3.23. The summed E-state index contributed by atoms with van der Waals surface area (Å²) in [5.41, 5.74) is 5.63. The van der Waals surface area contributed by atoms with Crippen LogP contribution in [0.3, 0.4) is 0 Å². The van der Waals surface area contributed by atoms with Gasteiger partial charge in [-0.05, 0) is 26.9 Å². The van der Waals surface area contributed by atoms with Crippen LogP contribution in [0.25, 0.3) is 0 Å². The molecule has 1 aliphatic heterocycles. The number of hydrogen-bond donors (Lipinski definition) is 1. The van der Waals surface area contributed by atoms with Gasteiger partial charge in [0.1, 0.15) is 11.0 Å². The van der Waals surface area contributed by atoms with Gasteiger partial charge in [-0.25, -0.2) is 4.98 Å². The molecule has 0 radical (unpaired) electrons. The molecule has 0 spiro atoms. The zero-order valence-corrected chi connectivity index (χ0v) is 11.0. The van der Waals surface area contributed by atoms with Crippen molar-refractivity contribution in [2.24, 2.45) is 0 Å². The third-order valence-electron chi connectivity index (χ3n) is 3.04. The van der Waals surface area contributed by atoms with Crippen molar-refractivity contribution in [2.45, 2.75) is 19.4 Å². The lowest BCUT2D eigenvalue weighted by molar-refractivity contribution is 0.337. The first-order chi connectivity index (χ1) is 8.06. The Balaban J connectivity index is 2.25. The number of hydrogen-bond acceptors (Lipinski definition) is 5. The van der Waals surface area contributed by atoms with Crippen molar-refractivity contribution in [2.75, 3.05) is 37.3 Å². The van der Waals surface area contributed by atoms with Crippen LogP contribution in [0.2, 0.25) is 5.15 Å². The summed E-state index contributed by atoms with van der Waals surface area (Å²) in [6.45, 7) is 5.28. The Morgan fingerprint density at radius 1 is 1.41 bits per heavy atom. The molecule has 1 atom stereocenters. The predicted octanol–water partition coefficient (Wildman–Crippen LogP) is 1.24. The normalized spacial score (nSPS) is 22.5. The zero-order chi connectivity index (χ0) is 12.4. The maximum absolute atomic E-state index is 5.92. The van der Waals surface area contributed by atoms with Gasteiger partial charge in [-0.2, -0.15) is 4.98 Å². The third kappa shape index (κ3) is 2.98. The molecule has 2 N–H and O–H groups in total. The second-order valence-electron chi connectivity index (χ2n) is 4.57. The Morgan fingerprint density at radius 3 is 2.88 bits per heavy atom. The van der Waals surface area contributed by atoms with E-state index in [9.17, 15) is 0 Å². The molecule has 1 aromatic heterocycles. The number of nitrogens with zero attached hydrogens (tertiary/aromatic N) is 4. The van der Waals surface area contributed by atoms with Gasteiger partial charge in [0.2, 0.25) is 5.95 Å². The summed E-state index contributed by atoms with van der Waals surface area (Å²) in [4.78, 5) is 12.7. The number of nitrogen functional groups attached to an aromatic ring is 1. The molecule has 0 saturated carbocycles. The van der Waals surface area contributed by atoms with E-state index in [1.807, 2.05) is 0 Å². The molecule has 1 unspecified atom stereocenters. The van der Waals surface area contributed by atoms with Gasteiger partial charge in [0.25, 0.3) is 0 Å². The van der Waals surface area contributed by atoms with E-state index < -0.39 is 0 Å². The summed E-state index contributed by atoms with van der Waals surface area (Å²) in [6.07, 6.45) is 1.11. The molecular formula is C11H18ClN5. The topological polar surface area (TPSA) is 58.3 Å². The highest BCUT2D eigenvalue weighted by molar-refractivity contribution is 6.29. The fourth-order valence-corrected chi connectivity index (χ4v) is 2.47. The summed E-state index contributed by atoms with van der Waals surface area (Å²) in [5.74, 6) is 1.06. The van der Waals surface area contributed by atoms with Crippen molar-refractivity contribution in [3.63, 3.8) is 0 Å². The van der Waals surface area contributed by atoms with E-state index in [1.165, 1.54) is 0 Å². The molecule has 1 aromatic rings. The van der Waals surface area contributed by atoms with Crippen LogP contribution in [0.5, 0.6) is 0 Å². The molecular weight excluding hydrogens is 238 g/mol. The Bertz CT molecular complexity index is 377. The van der Waals surface area contributed by atoms with Gasteiger partial charge < -0.3 is 15.5 Å². The molecule has 17 heavy (non-hydrogen) atoms. The largest absolute Gasteiger partial charge is 0.368 e. The molecule has 2 heterocycles. The van der Waals surface area contributed by atoms with Gasteiger partial charge in [-0.1, -0.05) is 11.6 Å². The van der Waals surface area contributed by atoms with Gasteiger partial charge in [0.15, 0.2) is 0 Å².